The van der Waals surface area contributed by atoms with E-state index in [2.05, 4.69) is 32.9 Å². The Morgan fingerprint density at radius 3 is 2.35 bits per heavy atom. The molecule has 0 bridgehead atoms. The van der Waals surface area contributed by atoms with Crippen molar-refractivity contribution in [3.8, 4) is 0 Å². The maximum atomic E-state index is 6.01. The summed E-state index contributed by atoms with van der Waals surface area (Å²) in [5.74, 6) is 1.19. The number of hydrogen-bond donors (Lipinski definition) is 0. The van der Waals surface area contributed by atoms with Crippen LogP contribution in [0.3, 0.4) is 0 Å². The maximum Gasteiger partial charge on any atom is 0.142 e. The van der Waals surface area contributed by atoms with E-state index in [-0.39, 0.29) is 6.10 Å². The molecule has 1 heteroatoms. The van der Waals surface area contributed by atoms with Crippen LogP contribution in [-0.4, -0.2) is 6.10 Å². The van der Waals surface area contributed by atoms with E-state index in [9.17, 15) is 0 Å². The van der Waals surface area contributed by atoms with Crippen molar-refractivity contribution in [1.82, 2.24) is 0 Å². The molecule has 1 aliphatic heterocycles. The zero-order valence-electron chi connectivity index (χ0n) is 11.4. The molecule has 1 aliphatic carbocycles. The summed E-state index contributed by atoms with van der Waals surface area (Å²) in [5.41, 5.74) is 4.57. The molecule has 1 heterocycles. The molecule has 2 rings (SSSR count). The van der Waals surface area contributed by atoms with Gasteiger partial charge in [-0.2, -0.15) is 0 Å². The Balaban J connectivity index is 2.20. The monoisotopic (exact) mass is 232 g/mol. The van der Waals surface area contributed by atoms with E-state index >= 15 is 0 Å². The first-order valence-corrected chi connectivity index (χ1v) is 7.11. The van der Waals surface area contributed by atoms with Crippen LogP contribution in [0.1, 0.15) is 59.3 Å². The van der Waals surface area contributed by atoms with Crippen molar-refractivity contribution < 1.29 is 4.74 Å². The first-order chi connectivity index (χ1) is 8.30. The fourth-order valence-electron chi connectivity index (χ4n) is 2.80. The molecule has 1 nitrogen and oxygen atoms in total. The predicted molar refractivity (Wildman–Crippen MR) is 72.8 cm³/mol. The van der Waals surface area contributed by atoms with E-state index in [1.807, 2.05) is 0 Å². The SMILES string of the molecule is CCCC1=CC2=C(CCC)C(CCC)=CC2O1. The molecule has 1 unspecified atom stereocenters. The van der Waals surface area contributed by atoms with E-state index < -0.39 is 0 Å². The van der Waals surface area contributed by atoms with Gasteiger partial charge < -0.3 is 4.74 Å². The predicted octanol–water partition coefficient (Wildman–Crippen LogP) is 4.91. The highest BCUT2D eigenvalue weighted by Crippen LogP contribution is 2.40. The molecular weight excluding hydrogens is 208 g/mol. The second kappa shape index (κ2) is 5.57. The van der Waals surface area contributed by atoms with Gasteiger partial charge in [-0.25, -0.2) is 0 Å². The third-order valence-electron chi connectivity index (χ3n) is 3.51. The van der Waals surface area contributed by atoms with E-state index in [4.69, 9.17) is 4.74 Å². The van der Waals surface area contributed by atoms with Gasteiger partial charge in [0, 0.05) is 12.0 Å². The Labute approximate surface area is 105 Å². The number of ether oxygens (including phenoxy) is 1. The molecule has 17 heavy (non-hydrogen) atoms. The highest BCUT2D eigenvalue weighted by atomic mass is 16.5. The van der Waals surface area contributed by atoms with Crippen molar-refractivity contribution in [1.29, 1.82) is 0 Å². The third-order valence-corrected chi connectivity index (χ3v) is 3.51. The third kappa shape index (κ3) is 2.48. The highest BCUT2D eigenvalue weighted by Gasteiger charge is 2.30. The summed E-state index contributed by atoms with van der Waals surface area (Å²) in [6, 6.07) is 0. The zero-order valence-corrected chi connectivity index (χ0v) is 11.4. The quantitative estimate of drug-likeness (QED) is 0.632. The lowest BCUT2D eigenvalue weighted by Crippen LogP contribution is -2.01. The molecular formula is C16H24O. The van der Waals surface area contributed by atoms with Gasteiger partial charge >= 0.3 is 0 Å². The average Bonchev–Trinajstić information content (AvgIpc) is 2.80. The highest BCUT2D eigenvalue weighted by molar-refractivity contribution is 5.53. The Bertz CT molecular complexity index is 371. The van der Waals surface area contributed by atoms with E-state index in [0.29, 0.717) is 0 Å². The number of rotatable bonds is 6. The van der Waals surface area contributed by atoms with Crippen molar-refractivity contribution in [2.75, 3.05) is 0 Å². The van der Waals surface area contributed by atoms with E-state index in [0.717, 1.165) is 6.42 Å². The summed E-state index contributed by atoms with van der Waals surface area (Å²) >= 11 is 0. The van der Waals surface area contributed by atoms with Crippen LogP contribution >= 0.6 is 0 Å². The van der Waals surface area contributed by atoms with Crippen LogP contribution < -0.4 is 0 Å². The lowest BCUT2D eigenvalue weighted by Gasteiger charge is -2.07. The van der Waals surface area contributed by atoms with Crippen LogP contribution in [0.5, 0.6) is 0 Å². The van der Waals surface area contributed by atoms with Crippen molar-refractivity contribution in [3.63, 3.8) is 0 Å². The second-order valence-corrected chi connectivity index (χ2v) is 5.02. The van der Waals surface area contributed by atoms with Gasteiger partial charge in [0.1, 0.15) is 6.10 Å². The number of allylic oxidation sites excluding steroid dienone is 3. The molecule has 0 aromatic heterocycles. The first kappa shape index (κ1) is 12.5. The average molecular weight is 232 g/mol. The van der Waals surface area contributed by atoms with Gasteiger partial charge in [0.2, 0.25) is 0 Å². The second-order valence-electron chi connectivity index (χ2n) is 5.02. The maximum absolute atomic E-state index is 6.01. The van der Waals surface area contributed by atoms with Gasteiger partial charge in [0.15, 0.2) is 0 Å². The smallest absolute Gasteiger partial charge is 0.142 e. The summed E-state index contributed by atoms with van der Waals surface area (Å²) in [7, 11) is 0. The largest absolute Gasteiger partial charge is 0.486 e. The lowest BCUT2D eigenvalue weighted by atomic mass is 9.97. The minimum Gasteiger partial charge on any atom is -0.486 e. The molecule has 0 radical (unpaired) electrons. The van der Waals surface area contributed by atoms with Crippen molar-refractivity contribution >= 4 is 0 Å². The fraction of sp³-hybridized carbons (Fsp3) is 0.625. The molecule has 0 fully saturated rings. The molecule has 0 aromatic carbocycles. The Morgan fingerprint density at radius 1 is 1.00 bits per heavy atom. The van der Waals surface area contributed by atoms with E-state index in [1.54, 1.807) is 11.1 Å². The molecule has 94 valence electrons. The minimum absolute atomic E-state index is 0.250. The summed E-state index contributed by atoms with van der Waals surface area (Å²) < 4.78 is 6.01. The summed E-state index contributed by atoms with van der Waals surface area (Å²) in [6.07, 6.45) is 12.0. The van der Waals surface area contributed by atoms with Gasteiger partial charge in [-0.05, 0) is 42.6 Å². The van der Waals surface area contributed by atoms with Gasteiger partial charge in [-0.1, -0.05) is 33.6 Å². The molecule has 1 atom stereocenters. The Kier molecular flexibility index (Phi) is 4.09. The van der Waals surface area contributed by atoms with Crippen LogP contribution in [0, 0.1) is 0 Å². The standard InChI is InChI=1S/C16H24O/c1-4-7-12-10-16-15(14(12)9-6-3)11-13(17-16)8-5-2/h10-11,16H,4-9H2,1-3H3. The lowest BCUT2D eigenvalue weighted by molar-refractivity contribution is 0.196. The fourth-order valence-corrected chi connectivity index (χ4v) is 2.80. The topological polar surface area (TPSA) is 9.23 Å². The summed E-state index contributed by atoms with van der Waals surface area (Å²) in [5, 5.41) is 0. The Hall–Kier alpha value is -0.980. The molecule has 0 spiro atoms. The number of hydrogen-bond acceptors (Lipinski definition) is 1. The Morgan fingerprint density at radius 2 is 1.71 bits per heavy atom. The zero-order chi connectivity index (χ0) is 12.3. The van der Waals surface area contributed by atoms with Crippen LogP contribution in [-0.2, 0) is 4.74 Å². The molecule has 0 saturated carbocycles. The minimum atomic E-state index is 0.250. The van der Waals surface area contributed by atoms with Crippen LogP contribution in [0.2, 0.25) is 0 Å². The van der Waals surface area contributed by atoms with Gasteiger partial charge in [-0.15, -0.1) is 0 Å². The number of fused-ring (bicyclic) bond motifs is 1. The normalized spacial score (nSPS) is 22.4. The van der Waals surface area contributed by atoms with Crippen LogP contribution in [0.15, 0.2) is 34.6 Å². The summed E-state index contributed by atoms with van der Waals surface area (Å²) in [4.78, 5) is 0. The summed E-state index contributed by atoms with van der Waals surface area (Å²) in [6.45, 7) is 6.72. The van der Waals surface area contributed by atoms with Crippen molar-refractivity contribution in [3.05, 3.63) is 34.6 Å². The van der Waals surface area contributed by atoms with Crippen molar-refractivity contribution in [2.24, 2.45) is 0 Å². The molecule has 0 saturated heterocycles. The molecule has 2 aliphatic rings. The first-order valence-electron chi connectivity index (χ1n) is 7.11. The van der Waals surface area contributed by atoms with E-state index in [1.165, 1.54) is 43.4 Å². The molecule has 0 N–H and O–H groups in total. The molecule has 0 aromatic rings. The van der Waals surface area contributed by atoms with Crippen LogP contribution in [0.4, 0.5) is 0 Å². The molecule has 0 amide bonds. The van der Waals surface area contributed by atoms with Crippen molar-refractivity contribution in [2.45, 2.75) is 65.4 Å². The van der Waals surface area contributed by atoms with Crippen LogP contribution in [0.25, 0.3) is 0 Å². The van der Waals surface area contributed by atoms with Gasteiger partial charge in [0.25, 0.3) is 0 Å². The van der Waals surface area contributed by atoms with Gasteiger partial charge in [-0.3, -0.25) is 0 Å². The van der Waals surface area contributed by atoms with Gasteiger partial charge in [0.05, 0.1) is 5.76 Å².